The standard InChI is InChI=1S/C8H11N3O4/c1-3-15-8(14)7-5(2)11(10-9-7)4-6(12)13/h3-4H2,1-2H3,(H,12,13). The Balaban J connectivity index is 2.88. The van der Waals surface area contributed by atoms with Crippen LogP contribution in [0.5, 0.6) is 0 Å². The van der Waals surface area contributed by atoms with Gasteiger partial charge in [-0.15, -0.1) is 5.10 Å². The summed E-state index contributed by atoms with van der Waals surface area (Å²) in [6.45, 7) is 3.16. The van der Waals surface area contributed by atoms with Crippen molar-refractivity contribution in [2.75, 3.05) is 6.61 Å². The molecular formula is C8H11N3O4. The van der Waals surface area contributed by atoms with Gasteiger partial charge in [0.2, 0.25) is 0 Å². The van der Waals surface area contributed by atoms with Gasteiger partial charge in [0.25, 0.3) is 0 Å². The Morgan fingerprint density at radius 3 is 2.73 bits per heavy atom. The molecule has 1 aromatic rings. The molecule has 0 amide bonds. The number of carboxylic acids is 1. The van der Waals surface area contributed by atoms with Crippen LogP contribution in [0.2, 0.25) is 0 Å². The molecule has 0 aliphatic heterocycles. The van der Waals surface area contributed by atoms with Gasteiger partial charge in [0.15, 0.2) is 5.69 Å². The zero-order chi connectivity index (χ0) is 11.4. The minimum Gasteiger partial charge on any atom is -0.480 e. The monoisotopic (exact) mass is 213 g/mol. The number of aliphatic carboxylic acids is 1. The van der Waals surface area contributed by atoms with Crippen LogP contribution >= 0.6 is 0 Å². The molecular weight excluding hydrogens is 202 g/mol. The van der Waals surface area contributed by atoms with Crippen molar-refractivity contribution in [2.45, 2.75) is 20.4 Å². The molecule has 0 saturated carbocycles. The van der Waals surface area contributed by atoms with Crippen molar-refractivity contribution in [3.05, 3.63) is 11.4 Å². The number of aromatic nitrogens is 3. The molecule has 0 spiro atoms. The molecule has 7 nitrogen and oxygen atoms in total. The number of carboxylic acid groups (broad SMARTS) is 1. The summed E-state index contributed by atoms with van der Waals surface area (Å²) in [6, 6.07) is 0. The molecule has 0 aromatic carbocycles. The van der Waals surface area contributed by atoms with Crippen LogP contribution in [-0.2, 0) is 16.1 Å². The number of carbonyl (C=O) groups is 2. The van der Waals surface area contributed by atoms with Gasteiger partial charge in [-0.2, -0.15) is 0 Å². The normalized spacial score (nSPS) is 10.0. The van der Waals surface area contributed by atoms with Crippen molar-refractivity contribution in [3.63, 3.8) is 0 Å². The molecule has 7 heteroatoms. The second kappa shape index (κ2) is 4.54. The number of carbonyl (C=O) groups excluding carboxylic acids is 1. The Kier molecular flexibility index (Phi) is 3.37. The molecule has 0 saturated heterocycles. The topological polar surface area (TPSA) is 94.3 Å². The first kappa shape index (κ1) is 11.2. The quantitative estimate of drug-likeness (QED) is 0.699. The van der Waals surface area contributed by atoms with Crippen LogP contribution in [0.3, 0.4) is 0 Å². The molecule has 0 bridgehead atoms. The lowest BCUT2D eigenvalue weighted by atomic mass is 10.3. The van der Waals surface area contributed by atoms with Crippen molar-refractivity contribution in [2.24, 2.45) is 0 Å². The lowest BCUT2D eigenvalue weighted by Crippen LogP contribution is -2.13. The number of esters is 1. The van der Waals surface area contributed by atoms with Crippen molar-refractivity contribution < 1.29 is 19.4 Å². The predicted octanol–water partition coefficient (Wildman–Crippen LogP) is -0.152. The van der Waals surface area contributed by atoms with E-state index in [0.29, 0.717) is 5.69 Å². The van der Waals surface area contributed by atoms with E-state index < -0.39 is 11.9 Å². The van der Waals surface area contributed by atoms with Crippen LogP contribution in [0, 0.1) is 6.92 Å². The highest BCUT2D eigenvalue weighted by molar-refractivity contribution is 5.88. The molecule has 0 unspecified atom stereocenters. The molecule has 1 heterocycles. The van der Waals surface area contributed by atoms with Gasteiger partial charge in [-0.25, -0.2) is 9.48 Å². The first-order valence-electron chi connectivity index (χ1n) is 4.35. The van der Waals surface area contributed by atoms with E-state index >= 15 is 0 Å². The lowest BCUT2D eigenvalue weighted by molar-refractivity contribution is -0.137. The maximum absolute atomic E-state index is 11.3. The second-order valence-corrected chi connectivity index (χ2v) is 2.80. The summed E-state index contributed by atoms with van der Waals surface area (Å²) >= 11 is 0. The van der Waals surface area contributed by atoms with Crippen LogP contribution in [0.1, 0.15) is 23.1 Å². The van der Waals surface area contributed by atoms with Gasteiger partial charge in [-0.05, 0) is 13.8 Å². The Morgan fingerprint density at radius 2 is 2.20 bits per heavy atom. The Labute approximate surface area is 85.6 Å². The fourth-order valence-corrected chi connectivity index (χ4v) is 1.03. The highest BCUT2D eigenvalue weighted by atomic mass is 16.5. The average molecular weight is 213 g/mol. The molecule has 82 valence electrons. The summed E-state index contributed by atoms with van der Waals surface area (Å²) < 4.78 is 5.86. The summed E-state index contributed by atoms with van der Waals surface area (Å²) in [7, 11) is 0. The van der Waals surface area contributed by atoms with Gasteiger partial charge in [0, 0.05) is 0 Å². The molecule has 1 rings (SSSR count). The van der Waals surface area contributed by atoms with E-state index in [0.717, 1.165) is 4.68 Å². The Morgan fingerprint density at radius 1 is 1.53 bits per heavy atom. The van der Waals surface area contributed by atoms with Crippen LogP contribution < -0.4 is 0 Å². The zero-order valence-corrected chi connectivity index (χ0v) is 8.43. The van der Waals surface area contributed by atoms with Crippen molar-refractivity contribution in [1.82, 2.24) is 15.0 Å². The molecule has 1 aromatic heterocycles. The number of hydrogen-bond donors (Lipinski definition) is 1. The zero-order valence-electron chi connectivity index (χ0n) is 8.43. The second-order valence-electron chi connectivity index (χ2n) is 2.80. The maximum Gasteiger partial charge on any atom is 0.360 e. The first-order chi connectivity index (χ1) is 7.06. The SMILES string of the molecule is CCOC(=O)c1nnn(CC(=O)O)c1C. The molecule has 0 atom stereocenters. The maximum atomic E-state index is 11.3. The number of rotatable bonds is 4. The molecule has 0 aliphatic carbocycles. The van der Waals surface area contributed by atoms with E-state index in [4.69, 9.17) is 9.84 Å². The first-order valence-corrected chi connectivity index (χ1v) is 4.35. The smallest absolute Gasteiger partial charge is 0.360 e. The molecule has 0 radical (unpaired) electrons. The Hall–Kier alpha value is -1.92. The van der Waals surface area contributed by atoms with E-state index in [1.165, 1.54) is 0 Å². The van der Waals surface area contributed by atoms with Crippen LogP contribution in [0.15, 0.2) is 0 Å². The predicted molar refractivity (Wildman–Crippen MR) is 48.4 cm³/mol. The minimum atomic E-state index is -1.04. The third-order valence-corrected chi connectivity index (χ3v) is 1.74. The fourth-order valence-electron chi connectivity index (χ4n) is 1.03. The summed E-state index contributed by atoms with van der Waals surface area (Å²) in [5.41, 5.74) is 0.439. The average Bonchev–Trinajstić information content (AvgIpc) is 2.48. The largest absolute Gasteiger partial charge is 0.480 e. The van der Waals surface area contributed by atoms with E-state index in [2.05, 4.69) is 10.3 Å². The van der Waals surface area contributed by atoms with Gasteiger partial charge in [0.05, 0.1) is 12.3 Å². The van der Waals surface area contributed by atoms with Gasteiger partial charge < -0.3 is 9.84 Å². The van der Waals surface area contributed by atoms with E-state index in [1.807, 2.05) is 0 Å². The number of ether oxygens (including phenoxy) is 1. The highest BCUT2D eigenvalue weighted by Gasteiger charge is 2.18. The third kappa shape index (κ3) is 2.52. The molecule has 15 heavy (non-hydrogen) atoms. The summed E-state index contributed by atoms with van der Waals surface area (Å²) in [6.07, 6.45) is 0. The molecule has 0 fully saturated rings. The number of hydrogen-bond acceptors (Lipinski definition) is 5. The minimum absolute atomic E-state index is 0.0538. The van der Waals surface area contributed by atoms with Gasteiger partial charge >= 0.3 is 11.9 Å². The number of nitrogens with zero attached hydrogens (tertiary/aromatic N) is 3. The van der Waals surface area contributed by atoms with Gasteiger partial charge in [-0.3, -0.25) is 4.79 Å². The Bertz CT molecular complexity index is 385. The lowest BCUT2D eigenvalue weighted by Gasteiger charge is -2.00. The molecule has 1 N–H and O–H groups in total. The van der Waals surface area contributed by atoms with E-state index in [9.17, 15) is 9.59 Å². The van der Waals surface area contributed by atoms with Crippen LogP contribution in [0.4, 0.5) is 0 Å². The third-order valence-electron chi connectivity index (χ3n) is 1.74. The fraction of sp³-hybridized carbons (Fsp3) is 0.500. The summed E-state index contributed by atoms with van der Waals surface area (Å²) in [5.74, 6) is -1.63. The van der Waals surface area contributed by atoms with Crippen molar-refractivity contribution in [3.8, 4) is 0 Å². The van der Waals surface area contributed by atoms with E-state index in [1.54, 1.807) is 13.8 Å². The molecule has 0 aliphatic rings. The summed E-state index contributed by atoms with van der Waals surface area (Å²) in [4.78, 5) is 21.7. The van der Waals surface area contributed by atoms with Crippen LogP contribution in [0.25, 0.3) is 0 Å². The summed E-state index contributed by atoms with van der Waals surface area (Å²) in [5, 5.41) is 15.6. The van der Waals surface area contributed by atoms with Gasteiger partial charge in [0.1, 0.15) is 6.54 Å². The van der Waals surface area contributed by atoms with Gasteiger partial charge in [-0.1, -0.05) is 5.21 Å². The highest BCUT2D eigenvalue weighted by Crippen LogP contribution is 2.05. The van der Waals surface area contributed by atoms with Crippen molar-refractivity contribution in [1.29, 1.82) is 0 Å². The van der Waals surface area contributed by atoms with Crippen molar-refractivity contribution >= 4 is 11.9 Å². The van der Waals surface area contributed by atoms with E-state index in [-0.39, 0.29) is 18.8 Å². The van der Waals surface area contributed by atoms with Crippen LogP contribution in [-0.4, -0.2) is 38.6 Å².